The van der Waals surface area contributed by atoms with Gasteiger partial charge in [0.05, 0.1) is 22.9 Å². The van der Waals surface area contributed by atoms with Gasteiger partial charge in [0, 0.05) is 6.92 Å². The van der Waals surface area contributed by atoms with Gasteiger partial charge in [0.15, 0.2) is 6.17 Å². The predicted molar refractivity (Wildman–Crippen MR) is 129 cm³/mol. The molecule has 206 valence electrons. The second-order valence-corrected chi connectivity index (χ2v) is 9.10. The molecule has 2 atom stereocenters. The molecule has 1 aliphatic rings. The van der Waals surface area contributed by atoms with Crippen LogP contribution in [0.4, 0.5) is 23.2 Å². The van der Waals surface area contributed by atoms with E-state index in [4.69, 9.17) is 10.00 Å². The Morgan fingerprint density at radius 3 is 1.97 bits per heavy atom. The van der Waals surface area contributed by atoms with Crippen molar-refractivity contribution in [2.45, 2.75) is 98.6 Å². The zero-order valence-corrected chi connectivity index (χ0v) is 21.2. The first-order valence-electron chi connectivity index (χ1n) is 10.9. The number of rotatable bonds is 3. The third-order valence-corrected chi connectivity index (χ3v) is 5.42. The maximum absolute atomic E-state index is 13.7. The van der Waals surface area contributed by atoms with E-state index in [1.54, 1.807) is 13.8 Å². The van der Waals surface area contributed by atoms with Crippen LogP contribution in [0, 0.1) is 17.2 Å². The van der Waals surface area contributed by atoms with Crippen LogP contribution in [0.15, 0.2) is 18.2 Å². The van der Waals surface area contributed by atoms with Crippen LogP contribution in [-0.2, 0) is 20.5 Å². The van der Waals surface area contributed by atoms with Crippen LogP contribution in [0.1, 0.15) is 80.4 Å². The fraction of sp³-hybridized carbons (Fsp3) is 0.640. The van der Waals surface area contributed by atoms with Gasteiger partial charge in [-0.3, -0.25) is 14.5 Å². The number of alkyl halides is 4. The second kappa shape index (κ2) is 13.1. The largest absolute Gasteiger partial charge is 0.417 e. The van der Waals surface area contributed by atoms with Gasteiger partial charge in [0.25, 0.3) is 0 Å². The lowest BCUT2D eigenvalue weighted by atomic mass is 9.82. The summed E-state index contributed by atoms with van der Waals surface area (Å²) in [5.41, 5.74) is -4.42. The standard InChI is InChI=1S/C11H7F3N2O2.C10H19FO3.C3H8.CH4/c1-7(18)16(6-17)9-3-2-8(5-15)10(4-9)11(12,13)14;1-6(2)9(5)10(12,13)7(11)8(3,4)14-9;1-3-2;/h2-4,6H,1H3;6-7,12-13H,1-5H3;3H2,1-2H3;1H4. The van der Waals surface area contributed by atoms with Crippen LogP contribution in [-0.4, -0.2) is 45.7 Å². The molecule has 0 radical (unpaired) electrons. The summed E-state index contributed by atoms with van der Waals surface area (Å²) in [4.78, 5) is 22.2. The Hall–Kier alpha value is -2.55. The fourth-order valence-electron chi connectivity index (χ4n) is 3.28. The first-order chi connectivity index (χ1) is 15.8. The number of nitriles is 1. The molecule has 0 saturated carbocycles. The number of anilines is 1. The monoisotopic (exact) mass is 522 g/mol. The SMILES string of the molecule is C.CC(=O)N(C=O)c1ccc(C#N)c(C(F)(F)F)c1.CC(C)C1(C)OC(C)(C)C(F)C1(O)O.CCC. The average Bonchev–Trinajstić information content (AvgIpc) is 2.85. The van der Waals surface area contributed by atoms with E-state index in [0.29, 0.717) is 11.0 Å². The van der Waals surface area contributed by atoms with Gasteiger partial charge in [-0.05, 0) is 44.9 Å². The highest BCUT2D eigenvalue weighted by Crippen LogP contribution is 2.49. The summed E-state index contributed by atoms with van der Waals surface area (Å²) in [5, 5.41) is 28.1. The zero-order chi connectivity index (χ0) is 28.0. The van der Waals surface area contributed by atoms with Crippen molar-refractivity contribution >= 4 is 18.0 Å². The molecular formula is C25H38F4N2O5. The van der Waals surface area contributed by atoms with Gasteiger partial charge in [-0.25, -0.2) is 4.39 Å². The van der Waals surface area contributed by atoms with Crippen molar-refractivity contribution in [3.8, 4) is 6.07 Å². The number of carbonyl (C=O) groups is 2. The lowest BCUT2D eigenvalue weighted by Gasteiger charge is -2.37. The highest BCUT2D eigenvalue weighted by molar-refractivity contribution is 6.05. The summed E-state index contributed by atoms with van der Waals surface area (Å²) in [6.45, 7) is 13.4. The molecule has 2 amide bonds. The maximum atomic E-state index is 13.7. The molecule has 1 aromatic rings. The van der Waals surface area contributed by atoms with Crippen molar-refractivity contribution < 1.29 is 42.1 Å². The predicted octanol–water partition coefficient (Wildman–Crippen LogP) is 5.37. The van der Waals surface area contributed by atoms with Crippen LogP contribution in [0.3, 0.4) is 0 Å². The van der Waals surface area contributed by atoms with Gasteiger partial charge in [0.1, 0.15) is 11.2 Å². The number of benzene rings is 1. The molecule has 0 spiro atoms. The van der Waals surface area contributed by atoms with Gasteiger partial charge in [0.2, 0.25) is 18.1 Å². The Balaban J connectivity index is 0. The van der Waals surface area contributed by atoms with Crippen molar-refractivity contribution in [3.05, 3.63) is 29.3 Å². The Kier molecular flexibility index (Phi) is 13.0. The minimum atomic E-state index is -4.73. The van der Waals surface area contributed by atoms with E-state index < -0.39 is 46.4 Å². The number of nitrogens with zero attached hydrogens (tertiary/aromatic N) is 2. The Labute approximate surface area is 210 Å². The maximum Gasteiger partial charge on any atom is 0.417 e. The number of amides is 2. The zero-order valence-electron chi connectivity index (χ0n) is 21.2. The normalized spacial score (nSPS) is 21.6. The number of halogens is 4. The fourth-order valence-corrected chi connectivity index (χ4v) is 3.28. The molecule has 7 nitrogen and oxygen atoms in total. The molecule has 1 fully saturated rings. The molecular weight excluding hydrogens is 484 g/mol. The van der Waals surface area contributed by atoms with E-state index in [-0.39, 0.29) is 25.4 Å². The number of ether oxygens (including phenoxy) is 1. The molecule has 1 aliphatic heterocycles. The summed E-state index contributed by atoms with van der Waals surface area (Å²) in [6.07, 6.45) is -5.17. The third kappa shape index (κ3) is 7.72. The molecule has 0 aliphatic carbocycles. The van der Waals surface area contributed by atoms with Crippen molar-refractivity contribution in [3.63, 3.8) is 0 Å². The number of aliphatic hydroxyl groups is 2. The Morgan fingerprint density at radius 2 is 1.72 bits per heavy atom. The van der Waals surface area contributed by atoms with Gasteiger partial charge >= 0.3 is 6.18 Å². The summed E-state index contributed by atoms with van der Waals surface area (Å²) < 4.78 is 57.1. The minimum Gasteiger partial charge on any atom is -0.361 e. The topological polar surface area (TPSA) is 111 Å². The van der Waals surface area contributed by atoms with Crippen LogP contribution in [0.5, 0.6) is 0 Å². The molecule has 36 heavy (non-hydrogen) atoms. The van der Waals surface area contributed by atoms with E-state index in [1.807, 2.05) is 0 Å². The number of imide groups is 1. The van der Waals surface area contributed by atoms with Crippen molar-refractivity contribution in [2.75, 3.05) is 4.90 Å². The summed E-state index contributed by atoms with van der Waals surface area (Å²) >= 11 is 0. The van der Waals surface area contributed by atoms with E-state index >= 15 is 0 Å². The molecule has 0 bridgehead atoms. The van der Waals surface area contributed by atoms with Crippen LogP contribution < -0.4 is 4.90 Å². The smallest absolute Gasteiger partial charge is 0.361 e. The van der Waals surface area contributed by atoms with Gasteiger partial charge in [-0.15, -0.1) is 0 Å². The van der Waals surface area contributed by atoms with Gasteiger partial charge in [-0.1, -0.05) is 41.5 Å². The highest BCUT2D eigenvalue weighted by atomic mass is 19.4. The highest BCUT2D eigenvalue weighted by Gasteiger charge is 2.67. The average molecular weight is 523 g/mol. The molecule has 0 aromatic heterocycles. The second-order valence-electron chi connectivity index (χ2n) is 9.10. The summed E-state index contributed by atoms with van der Waals surface area (Å²) in [5.74, 6) is -3.33. The van der Waals surface area contributed by atoms with E-state index in [2.05, 4.69) is 13.8 Å². The van der Waals surface area contributed by atoms with E-state index in [9.17, 15) is 37.4 Å². The summed E-state index contributed by atoms with van der Waals surface area (Å²) in [6, 6.07) is 4.01. The van der Waals surface area contributed by atoms with Gasteiger partial charge < -0.3 is 14.9 Å². The van der Waals surface area contributed by atoms with Gasteiger partial charge in [-0.2, -0.15) is 18.4 Å². The third-order valence-electron chi connectivity index (χ3n) is 5.42. The lowest BCUT2D eigenvalue weighted by Crippen LogP contribution is -2.56. The minimum absolute atomic E-state index is 0. The molecule has 2 N–H and O–H groups in total. The number of hydrogen-bond acceptors (Lipinski definition) is 6. The van der Waals surface area contributed by atoms with Crippen LogP contribution >= 0.6 is 0 Å². The molecule has 1 saturated heterocycles. The van der Waals surface area contributed by atoms with Crippen LogP contribution in [0.2, 0.25) is 0 Å². The van der Waals surface area contributed by atoms with Crippen molar-refractivity contribution in [1.29, 1.82) is 5.26 Å². The number of carbonyl (C=O) groups excluding carboxylic acids is 2. The summed E-state index contributed by atoms with van der Waals surface area (Å²) in [7, 11) is 0. The Bertz CT molecular complexity index is 926. The lowest BCUT2D eigenvalue weighted by molar-refractivity contribution is -0.267. The quantitative estimate of drug-likeness (QED) is 0.314. The molecule has 2 rings (SSSR count). The van der Waals surface area contributed by atoms with Crippen LogP contribution in [0.25, 0.3) is 0 Å². The van der Waals surface area contributed by atoms with Crippen molar-refractivity contribution in [1.82, 2.24) is 0 Å². The Morgan fingerprint density at radius 1 is 1.25 bits per heavy atom. The first kappa shape index (κ1) is 35.6. The molecule has 11 heteroatoms. The first-order valence-corrected chi connectivity index (χ1v) is 10.9. The van der Waals surface area contributed by atoms with E-state index in [0.717, 1.165) is 19.1 Å². The van der Waals surface area contributed by atoms with E-state index in [1.165, 1.54) is 33.3 Å². The molecule has 1 heterocycles. The molecule has 1 aromatic carbocycles. The number of hydrogen-bond donors (Lipinski definition) is 2. The molecule has 2 unspecified atom stereocenters. The van der Waals surface area contributed by atoms with Crippen molar-refractivity contribution in [2.24, 2.45) is 5.92 Å².